The molecule has 0 unspecified atom stereocenters. The van der Waals surface area contributed by atoms with E-state index in [0.29, 0.717) is 5.39 Å². The van der Waals surface area contributed by atoms with Crippen LogP contribution in [0.25, 0.3) is 43.0 Å². The topological polar surface area (TPSA) is 12.9 Å². The van der Waals surface area contributed by atoms with Crippen LogP contribution in [0.2, 0.25) is 0 Å². The van der Waals surface area contributed by atoms with Gasteiger partial charge in [-0.25, -0.2) is 9.37 Å². The third kappa shape index (κ3) is 1.95. The number of benzene rings is 3. The zero-order valence-electron chi connectivity index (χ0n) is 12.7. The summed E-state index contributed by atoms with van der Waals surface area (Å²) < 4.78 is 15.6. The summed E-state index contributed by atoms with van der Waals surface area (Å²) in [6, 6.07) is 21.4. The highest BCUT2D eigenvalue weighted by Gasteiger charge is 2.13. The van der Waals surface area contributed by atoms with Gasteiger partial charge in [-0.1, -0.05) is 42.5 Å². The van der Waals surface area contributed by atoms with E-state index in [2.05, 4.69) is 17.5 Å². The lowest BCUT2D eigenvalue weighted by Crippen LogP contribution is -1.89. The minimum Gasteiger partial charge on any atom is -0.246 e. The molecule has 0 fully saturated rings. The van der Waals surface area contributed by atoms with Gasteiger partial charge in [-0.15, -0.1) is 11.3 Å². The number of para-hydroxylation sites is 1. The van der Waals surface area contributed by atoms with Crippen molar-refractivity contribution in [1.29, 1.82) is 0 Å². The van der Waals surface area contributed by atoms with Gasteiger partial charge >= 0.3 is 0 Å². The largest absolute Gasteiger partial charge is 0.246 e. The molecule has 0 atom stereocenters. The van der Waals surface area contributed by atoms with Crippen LogP contribution in [0.3, 0.4) is 0 Å². The SMILES string of the molecule is Fc1cc(-c2nc3ccccc3c3ccsc23)cc2ccccc12. The Hall–Kier alpha value is -2.78. The lowest BCUT2D eigenvalue weighted by Gasteiger charge is -2.08. The van der Waals surface area contributed by atoms with Crippen LogP contribution in [0.5, 0.6) is 0 Å². The molecule has 0 amide bonds. The van der Waals surface area contributed by atoms with Crippen LogP contribution in [-0.2, 0) is 0 Å². The van der Waals surface area contributed by atoms with Crippen molar-refractivity contribution < 1.29 is 4.39 Å². The Bertz CT molecular complexity index is 1220. The number of hydrogen-bond acceptors (Lipinski definition) is 2. The van der Waals surface area contributed by atoms with Gasteiger partial charge in [0.1, 0.15) is 5.82 Å². The number of hydrogen-bond donors (Lipinski definition) is 0. The van der Waals surface area contributed by atoms with Gasteiger partial charge in [0.05, 0.1) is 15.9 Å². The third-order valence-electron chi connectivity index (χ3n) is 4.39. The molecule has 3 heteroatoms. The molecule has 5 aromatic rings. The number of fused-ring (bicyclic) bond motifs is 4. The van der Waals surface area contributed by atoms with Gasteiger partial charge in [0, 0.05) is 21.7 Å². The van der Waals surface area contributed by atoms with Crippen LogP contribution in [0, 0.1) is 5.82 Å². The van der Waals surface area contributed by atoms with Crippen molar-refractivity contribution in [3.05, 3.63) is 77.9 Å². The van der Waals surface area contributed by atoms with Crippen LogP contribution < -0.4 is 0 Å². The molecule has 0 aliphatic carbocycles. The molecule has 0 saturated carbocycles. The van der Waals surface area contributed by atoms with Gasteiger partial charge < -0.3 is 0 Å². The minimum absolute atomic E-state index is 0.206. The van der Waals surface area contributed by atoms with Crippen molar-refractivity contribution in [3.8, 4) is 11.3 Å². The molecule has 0 bridgehead atoms. The second-order valence-corrected chi connectivity index (χ2v) is 6.74. The smallest absolute Gasteiger partial charge is 0.131 e. The predicted molar refractivity (Wildman–Crippen MR) is 100 cm³/mol. The summed E-state index contributed by atoms with van der Waals surface area (Å²) in [6.07, 6.45) is 0. The zero-order valence-corrected chi connectivity index (χ0v) is 13.5. The predicted octanol–water partition coefficient (Wildman–Crippen LogP) is 6.41. The highest BCUT2D eigenvalue weighted by atomic mass is 32.1. The molecule has 114 valence electrons. The Morgan fingerprint density at radius 2 is 1.58 bits per heavy atom. The summed E-state index contributed by atoms with van der Waals surface area (Å²) >= 11 is 1.65. The van der Waals surface area contributed by atoms with Crippen molar-refractivity contribution in [2.45, 2.75) is 0 Å². The average Bonchev–Trinajstić information content (AvgIpc) is 3.11. The molecule has 2 aromatic heterocycles. The summed E-state index contributed by atoms with van der Waals surface area (Å²) in [5, 5.41) is 5.92. The fraction of sp³-hybridized carbons (Fsp3) is 0. The third-order valence-corrected chi connectivity index (χ3v) is 5.31. The second kappa shape index (κ2) is 5.11. The summed E-state index contributed by atoms with van der Waals surface area (Å²) in [6.45, 7) is 0. The van der Waals surface area contributed by atoms with Gasteiger partial charge in [0.2, 0.25) is 0 Å². The Morgan fingerprint density at radius 3 is 2.50 bits per heavy atom. The first-order valence-electron chi connectivity index (χ1n) is 7.76. The maximum Gasteiger partial charge on any atom is 0.131 e. The van der Waals surface area contributed by atoms with Crippen molar-refractivity contribution in [3.63, 3.8) is 0 Å². The first-order chi connectivity index (χ1) is 11.8. The molecule has 0 radical (unpaired) electrons. The molecule has 3 aromatic carbocycles. The molecule has 0 aliphatic rings. The van der Waals surface area contributed by atoms with Gasteiger partial charge in [-0.3, -0.25) is 0 Å². The minimum atomic E-state index is -0.206. The van der Waals surface area contributed by atoms with E-state index in [1.54, 1.807) is 17.4 Å². The van der Waals surface area contributed by atoms with Crippen LogP contribution >= 0.6 is 11.3 Å². The summed E-state index contributed by atoms with van der Waals surface area (Å²) in [5.74, 6) is -0.206. The van der Waals surface area contributed by atoms with E-state index in [9.17, 15) is 4.39 Å². The number of rotatable bonds is 1. The quantitative estimate of drug-likeness (QED) is 0.346. The number of halogens is 1. The Kier molecular flexibility index (Phi) is 2.91. The van der Waals surface area contributed by atoms with E-state index in [-0.39, 0.29) is 5.82 Å². The zero-order chi connectivity index (χ0) is 16.1. The van der Waals surface area contributed by atoms with Crippen molar-refractivity contribution >= 4 is 43.1 Å². The van der Waals surface area contributed by atoms with Crippen LogP contribution in [0.15, 0.2) is 72.1 Å². The summed E-state index contributed by atoms with van der Waals surface area (Å²) in [7, 11) is 0. The first-order valence-corrected chi connectivity index (χ1v) is 8.64. The average molecular weight is 329 g/mol. The maximum absolute atomic E-state index is 14.5. The molecule has 0 saturated heterocycles. The Balaban J connectivity index is 1.90. The van der Waals surface area contributed by atoms with E-state index < -0.39 is 0 Å². The molecular formula is C21H12FNS. The number of thiophene rings is 1. The normalized spacial score (nSPS) is 11.5. The molecule has 24 heavy (non-hydrogen) atoms. The van der Waals surface area contributed by atoms with Gasteiger partial charge in [0.25, 0.3) is 0 Å². The molecule has 0 aliphatic heterocycles. The molecule has 0 spiro atoms. The van der Waals surface area contributed by atoms with E-state index in [1.807, 2.05) is 48.5 Å². The number of pyridine rings is 1. The molecular weight excluding hydrogens is 317 g/mol. The van der Waals surface area contributed by atoms with E-state index in [4.69, 9.17) is 4.98 Å². The second-order valence-electron chi connectivity index (χ2n) is 5.82. The van der Waals surface area contributed by atoms with Crippen molar-refractivity contribution in [2.75, 3.05) is 0 Å². The van der Waals surface area contributed by atoms with E-state index in [1.165, 1.54) is 5.39 Å². The summed E-state index contributed by atoms with van der Waals surface area (Å²) in [4.78, 5) is 4.84. The lowest BCUT2D eigenvalue weighted by molar-refractivity contribution is 0.640. The van der Waals surface area contributed by atoms with Gasteiger partial charge in [-0.05, 0) is 35.0 Å². The standard InChI is InChI=1S/C21H12FNS/c22-18-12-14(11-13-5-1-2-6-15(13)18)20-21-17(9-10-24-21)16-7-3-4-8-19(16)23-20/h1-12H. The fourth-order valence-electron chi connectivity index (χ4n) is 3.27. The number of nitrogens with zero attached hydrogens (tertiary/aromatic N) is 1. The van der Waals surface area contributed by atoms with Crippen LogP contribution in [0.4, 0.5) is 4.39 Å². The number of aromatic nitrogens is 1. The summed E-state index contributed by atoms with van der Waals surface area (Å²) in [5.41, 5.74) is 2.61. The molecule has 5 rings (SSSR count). The highest BCUT2D eigenvalue weighted by molar-refractivity contribution is 7.17. The molecule has 2 heterocycles. The van der Waals surface area contributed by atoms with Crippen molar-refractivity contribution in [2.24, 2.45) is 0 Å². The van der Waals surface area contributed by atoms with Gasteiger partial charge in [0.15, 0.2) is 0 Å². The Morgan fingerprint density at radius 1 is 0.792 bits per heavy atom. The van der Waals surface area contributed by atoms with Gasteiger partial charge in [-0.2, -0.15) is 0 Å². The van der Waals surface area contributed by atoms with E-state index >= 15 is 0 Å². The lowest BCUT2D eigenvalue weighted by atomic mass is 10.0. The maximum atomic E-state index is 14.5. The van der Waals surface area contributed by atoms with Crippen LogP contribution in [0.1, 0.15) is 0 Å². The van der Waals surface area contributed by atoms with E-state index in [0.717, 1.165) is 32.2 Å². The van der Waals surface area contributed by atoms with Crippen LogP contribution in [-0.4, -0.2) is 4.98 Å². The van der Waals surface area contributed by atoms with Crippen molar-refractivity contribution in [1.82, 2.24) is 4.98 Å². The monoisotopic (exact) mass is 329 g/mol. The Labute approximate surface area is 142 Å². The molecule has 1 nitrogen and oxygen atoms in total. The first kappa shape index (κ1) is 13.6. The highest BCUT2D eigenvalue weighted by Crippen LogP contribution is 2.37. The fourth-order valence-corrected chi connectivity index (χ4v) is 4.19. The molecule has 0 N–H and O–H groups in total.